The van der Waals surface area contributed by atoms with Crippen LogP contribution in [0.1, 0.15) is 0 Å². The van der Waals surface area contributed by atoms with Gasteiger partial charge in [-0.2, -0.15) is 5.10 Å². The van der Waals surface area contributed by atoms with Crippen LogP contribution in [-0.2, 0) is 11.8 Å². The molecule has 0 radical (unpaired) electrons. The summed E-state index contributed by atoms with van der Waals surface area (Å²) in [6.07, 6.45) is 0. The number of carbonyl (C=O) groups is 1. The molecule has 94 valence electrons. The summed E-state index contributed by atoms with van der Waals surface area (Å²) < 4.78 is 15.0. The minimum atomic E-state index is -0.935. The zero-order chi connectivity index (χ0) is 13.1. The van der Waals surface area contributed by atoms with Crippen molar-refractivity contribution in [2.45, 2.75) is 5.16 Å². The average Bonchev–Trinajstić information content (AvgIpc) is 2.68. The number of hydrogen-bond acceptors (Lipinski definition) is 4. The van der Waals surface area contributed by atoms with Gasteiger partial charge in [-0.05, 0) is 12.1 Å². The summed E-state index contributed by atoms with van der Waals surface area (Å²) in [6.45, 7) is 0. The molecule has 18 heavy (non-hydrogen) atoms. The van der Waals surface area contributed by atoms with E-state index < -0.39 is 11.8 Å². The van der Waals surface area contributed by atoms with Crippen molar-refractivity contribution in [3.05, 3.63) is 30.1 Å². The standard InChI is InChI=1S/C11H10FN3O2S/c1-15-11(18-6-9(16)17)13-10(14-15)7-4-2-3-5-8(7)12/h2-5H,6H2,1H3,(H,16,17). The number of aliphatic carboxylic acids is 1. The molecule has 1 aromatic carbocycles. The Morgan fingerprint density at radius 2 is 2.22 bits per heavy atom. The first kappa shape index (κ1) is 12.6. The van der Waals surface area contributed by atoms with Gasteiger partial charge >= 0.3 is 5.97 Å². The molecule has 0 fully saturated rings. The Bertz CT molecular complexity index is 585. The van der Waals surface area contributed by atoms with Gasteiger partial charge in [-0.25, -0.2) is 14.1 Å². The van der Waals surface area contributed by atoms with Gasteiger partial charge < -0.3 is 5.11 Å². The van der Waals surface area contributed by atoms with Crippen molar-refractivity contribution in [2.24, 2.45) is 7.05 Å². The molecule has 0 aliphatic rings. The molecular formula is C11H10FN3O2S. The van der Waals surface area contributed by atoms with Gasteiger partial charge in [-0.3, -0.25) is 4.79 Å². The summed E-state index contributed by atoms with van der Waals surface area (Å²) in [4.78, 5) is 14.6. The molecule has 2 rings (SSSR count). The lowest BCUT2D eigenvalue weighted by Gasteiger charge is -1.95. The van der Waals surface area contributed by atoms with Gasteiger partial charge in [-0.15, -0.1) is 0 Å². The molecule has 0 unspecified atom stereocenters. The number of carboxylic acids is 1. The third-order valence-corrected chi connectivity index (χ3v) is 3.17. The van der Waals surface area contributed by atoms with E-state index in [1.54, 1.807) is 25.2 Å². The highest BCUT2D eigenvalue weighted by molar-refractivity contribution is 7.99. The van der Waals surface area contributed by atoms with Crippen LogP contribution in [0.4, 0.5) is 4.39 Å². The predicted octanol–water partition coefficient (Wildman–Crippen LogP) is 1.80. The molecule has 1 heterocycles. The summed E-state index contributed by atoms with van der Waals surface area (Å²) in [5, 5.41) is 13.1. The van der Waals surface area contributed by atoms with Crippen LogP contribution in [0.25, 0.3) is 11.4 Å². The number of carboxylic acid groups (broad SMARTS) is 1. The highest BCUT2D eigenvalue weighted by Gasteiger charge is 2.13. The van der Waals surface area contributed by atoms with E-state index >= 15 is 0 Å². The maximum absolute atomic E-state index is 13.5. The molecule has 0 aliphatic heterocycles. The average molecular weight is 267 g/mol. The Morgan fingerprint density at radius 3 is 2.89 bits per heavy atom. The van der Waals surface area contributed by atoms with E-state index in [0.717, 1.165) is 11.8 Å². The molecule has 0 spiro atoms. The smallest absolute Gasteiger partial charge is 0.313 e. The number of halogens is 1. The van der Waals surface area contributed by atoms with Gasteiger partial charge in [0.15, 0.2) is 11.0 Å². The molecule has 0 saturated carbocycles. The Kier molecular flexibility index (Phi) is 3.61. The van der Waals surface area contributed by atoms with Crippen LogP contribution in [0.3, 0.4) is 0 Å². The van der Waals surface area contributed by atoms with E-state index in [9.17, 15) is 9.18 Å². The van der Waals surface area contributed by atoms with Crippen molar-refractivity contribution in [3.63, 3.8) is 0 Å². The first-order chi connectivity index (χ1) is 8.58. The van der Waals surface area contributed by atoms with Gasteiger partial charge in [-0.1, -0.05) is 23.9 Å². The van der Waals surface area contributed by atoms with Crippen molar-refractivity contribution >= 4 is 17.7 Å². The van der Waals surface area contributed by atoms with Crippen LogP contribution in [0.2, 0.25) is 0 Å². The van der Waals surface area contributed by atoms with Crippen molar-refractivity contribution in [3.8, 4) is 11.4 Å². The minimum Gasteiger partial charge on any atom is -0.481 e. The first-order valence-corrected chi connectivity index (χ1v) is 6.07. The lowest BCUT2D eigenvalue weighted by molar-refractivity contribution is -0.133. The number of hydrogen-bond donors (Lipinski definition) is 1. The minimum absolute atomic E-state index is 0.108. The van der Waals surface area contributed by atoms with Crippen LogP contribution in [-0.4, -0.2) is 31.6 Å². The Balaban J connectivity index is 2.29. The van der Waals surface area contributed by atoms with Crippen LogP contribution in [0, 0.1) is 5.82 Å². The van der Waals surface area contributed by atoms with Crippen LogP contribution in [0.5, 0.6) is 0 Å². The maximum Gasteiger partial charge on any atom is 0.313 e. The Hall–Kier alpha value is -1.89. The maximum atomic E-state index is 13.5. The monoisotopic (exact) mass is 267 g/mol. The predicted molar refractivity (Wildman–Crippen MR) is 64.8 cm³/mol. The molecular weight excluding hydrogens is 257 g/mol. The van der Waals surface area contributed by atoms with E-state index in [4.69, 9.17) is 5.11 Å². The van der Waals surface area contributed by atoms with Gasteiger partial charge in [0.05, 0.1) is 11.3 Å². The molecule has 0 atom stereocenters. The lowest BCUT2D eigenvalue weighted by atomic mass is 10.2. The highest BCUT2D eigenvalue weighted by Crippen LogP contribution is 2.22. The third kappa shape index (κ3) is 2.67. The van der Waals surface area contributed by atoms with Gasteiger partial charge in [0.25, 0.3) is 0 Å². The molecule has 0 bridgehead atoms. The fraction of sp³-hybridized carbons (Fsp3) is 0.182. The van der Waals surface area contributed by atoms with Gasteiger partial charge in [0.1, 0.15) is 5.82 Å². The first-order valence-electron chi connectivity index (χ1n) is 5.08. The Morgan fingerprint density at radius 1 is 1.50 bits per heavy atom. The number of nitrogens with zero attached hydrogens (tertiary/aromatic N) is 3. The number of thioether (sulfide) groups is 1. The number of rotatable bonds is 4. The SMILES string of the molecule is Cn1nc(-c2ccccc2F)nc1SCC(=O)O. The van der Waals surface area contributed by atoms with Crippen LogP contribution < -0.4 is 0 Å². The molecule has 1 N–H and O–H groups in total. The van der Waals surface area contributed by atoms with E-state index in [2.05, 4.69) is 10.1 Å². The molecule has 0 amide bonds. The summed E-state index contributed by atoms with van der Waals surface area (Å²) in [5.74, 6) is -1.19. The van der Waals surface area contributed by atoms with Crippen molar-refractivity contribution in [1.29, 1.82) is 0 Å². The Labute approximate surface area is 107 Å². The molecule has 2 aromatic rings. The number of aryl methyl sites for hydroxylation is 1. The topological polar surface area (TPSA) is 68.0 Å². The summed E-state index contributed by atoms with van der Waals surface area (Å²) in [6, 6.07) is 6.19. The summed E-state index contributed by atoms with van der Waals surface area (Å²) in [5.41, 5.74) is 0.301. The lowest BCUT2D eigenvalue weighted by Crippen LogP contribution is -2.00. The highest BCUT2D eigenvalue weighted by atomic mass is 32.2. The van der Waals surface area contributed by atoms with Gasteiger partial charge in [0, 0.05) is 7.05 Å². The fourth-order valence-electron chi connectivity index (χ4n) is 1.38. The van der Waals surface area contributed by atoms with E-state index in [1.165, 1.54) is 10.7 Å². The van der Waals surface area contributed by atoms with E-state index in [0.29, 0.717) is 10.7 Å². The summed E-state index contributed by atoms with van der Waals surface area (Å²) in [7, 11) is 1.64. The zero-order valence-electron chi connectivity index (χ0n) is 9.50. The quantitative estimate of drug-likeness (QED) is 0.855. The molecule has 1 aromatic heterocycles. The fourth-order valence-corrected chi connectivity index (χ4v) is 2.01. The molecule has 7 heteroatoms. The van der Waals surface area contributed by atoms with E-state index in [-0.39, 0.29) is 11.6 Å². The van der Waals surface area contributed by atoms with Crippen LogP contribution in [0.15, 0.2) is 29.4 Å². The third-order valence-electron chi connectivity index (χ3n) is 2.16. The second-order valence-electron chi connectivity index (χ2n) is 3.50. The van der Waals surface area contributed by atoms with Crippen molar-refractivity contribution in [2.75, 3.05) is 5.75 Å². The van der Waals surface area contributed by atoms with Crippen molar-refractivity contribution < 1.29 is 14.3 Å². The van der Waals surface area contributed by atoms with E-state index in [1.807, 2.05) is 0 Å². The second kappa shape index (κ2) is 5.18. The normalized spacial score (nSPS) is 10.6. The number of aromatic nitrogens is 3. The number of benzene rings is 1. The molecule has 5 nitrogen and oxygen atoms in total. The zero-order valence-corrected chi connectivity index (χ0v) is 10.3. The largest absolute Gasteiger partial charge is 0.481 e. The second-order valence-corrected chi connectivity index (χ2v) is 4.45. The summed E-state index contributed by atoms with van der Waals surface area (Å²) >= 11 is 1.04. The molecule has 0 aliphatic carbocycles. The van der Waals surface area contributed by atoms with Crippen LogP contribution >= 0.6 is 11.8 Å². The van der Waals surface area contributed by atoms with Gasteiger partial charge in [0.2, 0.25) is 0 Å². The van der Waals surface area contributed by atoms with Crippen molar-refractivity contribution in [1.82, 2.24) is 14.8 Å². The molecule has 0 saturated heterocycles.